The number of methoxy groups -OCH3 is 1. The van der Waals surface area contributed by atoms with E-state index in [1.807, 2.05) is 0 Å². The normalized spacial score (nSPS) is 16.6. The van der Waals surface area contributed by atoms with E-state index in [0.717, 1.165) is 12.8 Å². The molecule has 0 unspecified atom stereocenters. The lowest BCUT2D eigenvalue weighted by molar-refractivity contribution is 0.371. The molecule has 1 N–H and O–H groups in total. The number of aromatic hydroxyl groups is 1. The van der Waals surface area contributed by atoms with E-state index in [-0.39, 0.29) is 11.2 Å². The van der Waals surface area contributed by atoms with Crippen LogP contribution in [0.15, 0.2) is 22.7 Å². The maximum Gasteiger partial charge on any atom is 0.261 e. The molecule has 1 aliphatic rings. The Morgan fingerprint density at radius 3 is 2.83 bits per heavy atom. The molecule has 94 valence electrons. The number of nitrogens with zero attached hydrogens (tertiary/aromatic N) is 2. The molecule has 0 atom stereocenters. The number of ether oxygens (including phenoxy) is 1. The van der Waals surface area contributed by atoms with Crippen molar-refractivity contribution in [2.45, 2.75) is 25.2 Å². The molecule has 1 heterocycles. The Labute approximate surface area is 104 Å². The van der Waals surface area contributed by atoms with Crippen LogP contribution >= 0.6 is 0 Å². The van der Waals surface area contributed by atoms with Crippen LogP contribution < -0.4 is 4.74 Å². The molecule has 2 aromatic rings. The zero-order valence-electron chi connectivity index (χ0n) is 10.3. The molecule has 0 spiro atoms. The van der Waals surface area contributed by atoms with Crippen molar-refractivity contribution in [2.75, 3.05) is 7.11 Å². The zero-order chi connectivity index (χ0) is 12.8. The highest BCUT2D eigenvalue weighted by molar-refractivity contribution is 5.66. The van der Waals surface area contributed by atoms with E-state index in [1.54, 1.807) is 18.2 Å². The fourth-order valence-electron chi connectivity index (χ4n) is 1.85. The van der Waals surface area contributed by atoms with Crippen LogP contribution in [0.25, 0.3) is 11.5 Å². The Balaban J connectivity index is 2.02. The van der Waals surface area contributed by atoms with Crippen molar-refractivity contribution in [1.29, 1.82) is 0 Å². The average Bonchev–Trinajstić information content (AvgIpc) is 2.94. The summed E-state index contributed by atoms with van der Waals surface area (Å²) in [5.41, 5.74) is 0.549. The van der Waals surface area contributed by atoms with Crippen molar-refractivity contribution < 1.29 is 14.4 Å². The summed E-state index contributed by atoms with van der Waals surface area (Å²) in [5, 5.41) is 14.0. The minimum Gasteiger partial charge on any atom is -0.504 e. The third-order valence-electron chi connectivity index (χ3n) is 3.42. The van der Waals surface area contributed by atoms with Crippen LogP contribution in [0.4, 0.5) is 0 Å². The van der Waals surface area contributed by atoms with Crippen molar-refractivity contribution >= 4 is 0 Å². The molecule has 1 saturated carbocycles. The highest BCUT2D eigenvalue weighted by Gasteiger charge is 2.43. The van der Waals surface area contributed by atoms with E-state index in [2.05, 4.69) is 17.1 Å². The summed E-state index contributed by atoms with van der Waals surface area (Å²) in [6, 6.07) is 5.18. The van der Waals surface area contributed by atoms with Crippen LogP contribution in [0.2, 0.25) is 0 Å². The van der Waals surface area contributed by atoms with Crippen molar-refractivity contribution in [3.63, 3.8) is 0 Å². The summed E-state index contributed by atoms with van der Waals surface area (Å²) >= 11 is 0. The maximum atomic E-state index is 10.0. The molecule has 0 radical (unpaired) electrons. The molecule has 1 aliphatic carbocycles. The number of hydrogen-bond acceptors (Lipinski definition) is 5. The van der Waals surface area contributed by atoms with Crippen LogP contribution in [0, 0.1) is 0 Å². The summed E-state index contributed by atoms with van der Waals surface area (Å²) in [6.07, 6.45) is 2.16. The highest BCUT2D eigenvalue weighted by Crippen LogP contribution is 2.47. The molecule has 0 aliphatic heterocycles. The van der Waals surface area contributed by atoms with Gasteiger partial charge in [-0.3, -0.25) is 0 Å². The number of phenolic OH excluding ortho intramolecular Hbond substituents is 1. The summed E-state index contributed by atoms with van der Waals surface area (Å²) in [5.74, 6) is 1.45. The van der Waals surface area contributed by atoms with Gasteiger partial charge in [0.2, 0.25) is 0 Å². The lowest BCUT2D eigenvalue weighted by Gasteiger charge is -2.05. The predicted octanol–water partition coefficient (Wildman–Crippen LogP) is 2.50. The van der Waals surface area contributed by atoms with E-state index in [4.69, 9.17) is 9.26 Å². The number of hydrogen-bond donors (Lipinski definition) is 1. The molecule has 0 bridgehead atoms. The number of para-hydroxylation sites is 1. The lowest BCUT2D eigenvalue weighted by Crippen LogP contribution is -2.01. The number of aromatic nitrogens is 2. The average molecular weight is 246 g/mol. The molecule has 1 aromatic heterocycles. The van der Waals surface area contributed by atoms with Crippen LogP contribution in [-0.4, -0.2) is 22.4 Å². The quantitative estimate of drug-likeness (QED) is 0.901. The van der Waals surface area contributed by atoms with Crippen LogP contribution in [0.3, 0.4) is 0 Å². The van der Waals surface area contributed by atoms with Crippen LogP contribution in [-0.2, 0) is 5.41 Å². The highest BCUT2D eigenvalue weighted by atomic mass is 16.5. The molecule has 5 heteroatoms. The van der Waals surface area contributed by atoms with Crippen molar-refractivity contribution in [2.24, 2.45) is 0 Å². The van der Waals surface area contributed by atoms with Crippen LogP contribution in [0.5, 0.6) is 11.5 Å². The third-order valence-corrected chi connectivity index (χ3v) is 3.42. The first-order chi connectivity index (χ1) is 8.64. The summed E-state index contributed by atoms with van der Waals surface area (Å²) in [4.78, 5) is 4.36. The summed E-state index contributed by atoms with van der Waals surface area (Å²) in [6.45, 7) is 2.10. The first-order valence-corrected chi connectivity index (χ1v) is 5.84. The van der Waals surface area contributed by atoms with E-state index in [9.17, 15) is 5.11 Å². The molecule has 1 aromatic carbocycles. The summed E-state index contributed by atoms with van der Waals surface area (Å²) < 4.78 is 10.3. The molecular formula is C13H14N2O3. The SMILES string of the molecule is COc1cccc(-c2nc(C3(C)CC3)no2)c1O. The van der Waals surface area contributed by atoms with Crippen LogP contribution in [0.1, 0.15) is 25.6 Å². The van der Waals surface area contributed by atoms with Crippen molar-refractivity contribution in [3.8, 4) is 23.0 Å². The minimum atomic E-state index is 0.0242. The zero-order valence-corrected chi connectivity index (χ0v) is 10.3. The van der Waals surface area contributed by atoms with E-state index >= 15 is 0 Å². The first-order valence-electron chi connectivity index (χ1n) is 5.84. The van der Waals surface area contributed by atoms with Gasteiger partial charge < -0.3 is 14.4 Å². The third kappa shape index (κ3) is 1.63. The molecule has 0 saturated heterocycles. The fraction of sp³-hybridized carbons (Fsp3) is 0.385. The minimum absolute atomic E-state index is 0.0242. The molecule has 18 heavy (non-hydrogen) atoms. The summed E-state index contributed by atoms with van der Waals surface area (Å²) in [7, 11) is 1.50. The Kier molecular flexibility index (Phi) is 2.29. The second-order valence-corrected chi connectivity index (χ2v) is 4.84. The second kappa shape index (κ2) is 3.73. The topological polar surface area (TPSA) is 68.4 Å². The monoisotopic (exact) mass is 246 g/mol. The maximum absolute atomic E-state index is 10.0. The number of phenols is 1. The van der Waals surface area contributed by atoms with Gasteiger partial charge in [0.1, 0.15) is 0 Å². The Hall–Kier alpha value is -2.04. The van der Waals surface area contributed by atoms with Gasteiger partial charge >= 0.3 is 0 Å². The largest absolute Gasteiger partial charge is 0.504 e. The van der Waals surface area contributed by atoms with Gasteiger partial charge in [-0.15, -0.1) is 0 Å². The Bertz CT molecular complexity index is 588. The van der Waals surface area contributed by atoms with Crippen molar-refractivity contribution in [3.05, 3.63) is 24.0 Å². The first kappa shape index (κ1) is 11.1. The molecule has 0 amide bonds. The molecule has 5 nitrogen and oxygen atoms in total. The standard InChI is InChI=1S/C13H14N2O3/c1-13(6-7-13)12-14-11(18-15-12)8-4-3-5-9(17-2)10(8)16/h3-5,16H,6-7H2,1-2H3. The second-order valence-electron chi connectivity index (χ2n) is 4.84. The van der Waals surface area contributed by atoms with Gasteiger partial charge in [0.25, 0.3) is 5.89 Å². The molecule has 1 fully saturated rings. The van der Waals surface area contributed by atoms with Gasteiger partial charge in [-0.25, -0.2) is 0 Å². The van der Waals surface area contributed by atoms with Gasteiger partial charge in [-0.05, 0) is 25.0 Å². The Morgan fingerprint density at radius 1 is 1.39 bits per heavy atom. The Morgan fingerprint density at radius 2 is 2.17 bits per heavy atom. The van der Waals surface area contributed by atoms with Gasteiger partial charge in [-0.1, -0.05) is 18.1 Å². The fourth-order valence-corrected chi connectivity index (χ4v) is 1.85. The predicted molar refractivity (Wildman–Crippen MR) is 64.5 cm³/mol. The molecule has 3 rings (SSSR count). The lowest BCUT2D eigenvalue weighted by atomic mass is 10.1. The van der Waals surface area contributed by atoms with E-state index in [1.165, 1.54) is 7.11 Å². The van der Waals surface area contributed by atoms with Gasteiger partial charge in [0.15, 0.2) is 17.3 Å². The van der Waals surface area contributed by atoms with Crippen molar-refractivity contribution in [1.82, 2.24) is 10.1 Å². The number of benzene rings is 1. The van der Waals surface area contributed by atoms with Gasteiger partial charge in [-0.2, -0.15) is 4.98 Å². The smallest absolute Gasteiger partial charge is 0.261 e. The number of rotatable bonds is 3. The van der Waals surface area contributed by atoms with Gasteiger partial charge in [0, 0.05) is 5.41 Å². The van der Waals surface area contributed by atoms with E-state index < -0.39 is 0 Å². The molecular weight excluding hydrogens is 232 g/mol. The van der Waals surface area contributed by atoms with Gasteiger partial charge in [0.05, 0.1) is 12.7 Å². The van der Waals surface area contributed by atoms with E-state index in [0.29, 0.717) is 23.0 Å².